The molecule has 4 aromatic heterocycles. The van der Waals surface area contributed by atoms with E-state index in [0.29, 0.717) is 41.7 Å². The molecule has 12 nitrogen and oxygen atoms in total. The third-order valence-corrected chi connectivity index (χ3v) is 7.26. The quantitative estimate of drug-likeness (QED) is 0.318. The first-order chi connectivity index (χ1) is 20.4. The van der Waals surface area contributed by atoms with Gasteiger partial charge in [-0.05, 0) is 43.3 Å². The fraction of sp³-hybridized carbons (Fsp3) is 0.200. The van der Waals surface area contributed by atoms with E-state index in [2.05, 4.69) is 25.2 Å². The van der Waals surface area contributed by atoms with Crippen LogP contribution in [0.1, 0.15) is 16.1 Å². The molecule has 212 valence electrons. The van der Waals surface area contributed by atoms with Gasteiger partial charge in [0.25, 0.3) is 11.5 Å². The number of pyridine rings is 2. The van der Waals surface area contributed by atoms with Gasteiger partial charge in [0.1, 0.15) is 22.9 Å². The van der Waals surface area contributed by atoms with Gasteiger partial charge >= 0.3 is 0 Å². The summed E-state index contributed by atoms with van der Waals surface area (Å²) in [5, 5.41) is 2.83. The van der Waals surface area contributed by atoms with Crippen LogP contribution in [0.4, 0.5) is 17.3 Å². The molecule has 12 heteroatoms. The minimum absolute atomic E-state index is 0.0574. The predicted octanol–water partition coefficient (Wildman–Crippen LogP) is 3.07. The van der Waals surface area contributed by atoms with Crippen LogP contribution in [0.2, 0.25) is 0 Å². The topological polar surface area (TPSA) is 146 Å². The van der Waals surface area contributed by atoms with Gasteiger partial charge in [0, 0.05) is 49.3 Å². The van der Waals surface area contributed by atoms with Gasteiger partial charge in [-0.3, -0.25) is 19.3 Å². The largest absolute Gasteiger partial charge is 0.382 e. The van der Waals surface area contributed by atoms with Crippen LogP contribution in [0.3, 0.4) is 0 Å². The molecule has 1 aliphatic heterocycles. The van der Waals surface area contributed by atoms with Crippen molar-refractivity contribution in [2.24, 2.45) is 7.05 Å². The Hall–Kier alpha value is -5.36. The number of carbonyl (C=O) groups is 1. The van der Waals surface area contributed by atoms with E-state index in [0.717, 1.165) is 30.0 Å². The van der Waals surface area contributed by atoms with Crippen molar-refractivity contribution in [2.45, 2.75) is 6.92 Å². The molecule has 1 amide bonds. The zero-order chi connectivity index (χ0) is 29.2. The zero-order valence-electron chi connectivity index (χ0n) is 23.2. The molecular formula is C30H29N9O3. The number of ether oxygens (including phenoxy) is 1. The number of rotatable bonds is 6. The van der Waals surface area contributed by atoms with Crippen molar-refractivity contribution in [1.29, 1.82) is 0 Å². The summed E-state index contributed by atoms with van der Waals surface area (Å²) in [5.74, 6) is 0.643. The van der Waals surface area contributed by atoms with Crippen LogP contribution in [0.25, 0.3) is 28.2 Å². The van der Waals surface area contributed by atoms with Crippen molar-refractivity contribution in [3.8, 4) is 28.2 Å². The number of carbonyl (C=O) groups excluding carboxylic acids is 1. The lowest BCUT2D eigenvalue weighted by molar-refractivity contribution is 0.102. The average molecular weight is 564 g/mol. The number of amides is 1. The number of nitrogen functional groups attached to an aromatic ring is 1. The molecule has 6 rings (SSSR count). The molecule has 0 aliphatic carbocycles. The van der Waals surface area contributed by atoms with Crippen molar-refractivity contribution in [3.63, 3.8) is 0 Å². The predicted molar refractivity (Wildman–Crippen MR) is 160 cm³/mol. The monoisotopic (exact) mass is 563 g/mol. The van der Waals surface area contributed by atoms with Crippen LogP contribution in [0, 0.1) is 6.92 Å². The Morgan fingerprint density at radius 2 is 1.79 bits per heavy atom. The van der Waals surface area contributed by atoms with Gasteiger partial charge in [-0.1, -0.05) is 12.1 Å². The van der Waals surface area contributed by atoms with Crippen LogP contribution in [0.5, 0.6) is 0 Å². The lowest BCUT2D eigenvalue weighted by atomic mass is 10.1. The third-order valence-electron chi connectivity index (χ3n) is 7.26. The molecule has 42 heavy (non-hydrogen) atoms. The summed E-state index contributed by atoms with van der Waals surface area (Å²) in [6.45, 7) is 4.63. The molecule has 0 atom stereocenters. The Balaban J connectivity index is 1.23. The number of hydrogen-bond acceptors (Lipinski definition) is 9. The molecule has 5 aromatic rings. The Morgan fingerprint density at radius 1 is 1.00 bits per heavy atom. The van der Waals surface area contributed by atoms with Crippen LogP contribution < -0.4 is 21.5 Å². The van der Waals surface area contributed by atoms with E-state index < -0.39 is 11.5 Å². The maximum absolute atomic E-state index is 13.2. The number of anilines is 3. The zero-order valence-corrected chi connectivity index (χ0v) is 23.2. The van der Waals surface area contributed by atoms with Gasteiger partial charge in [0.2, 0.25) is 0 Å². The lowest BCUT2D eigenvalue weighted by Gasteiger charge is -2.28. The molecule has 0 radical (unpaired) electrons. The first kappa shape index (κ1) is 26.8. The van der Waals surface area contributed by atoms with E-state index >= 15 is 0 Å². The van der Waals surface area contributed by atoms with Crippen molar-refractivity contribution in [3.05, 3.63) is 94.9 Å². The first-order valence-corrected chi connectivity index (χ1v) is 13.4. The van der Waals surface area contributed by atoms with Crippen molar-refractivity contribution < 1.29 is 9.53 Å². The minimum Gasteiger partial charge on any atom is -0.382 e. The fourth-order valence-electron chi connectivity index (χ4n) is 4.94. The molecule has 0 bridgehead atoms. The second-order valence-electron chi connectivity index (χ2n) is 9.83. The van der Waals surface area contributed by atoms with Gasteiger partial charge in [-0.15, -0.1) is 0 Å². The van der Waals surface area contributed by atoms with Crippen LogP contribution in [0.15, 0.2) is 78.1 Å². The molecule has 0 spiro atoms. The summed E-state index contributed by atoms with van der Waals surface area (Å²) in [7, 11) is 1.73. The highest BCUT2D eigenvalue weighted by atomic mass is 16.5. The Kier molecular flexibility index (Phi) is 7.19. The normalized spacial score (nSPS) is 13.2. The molecular weight excluding hydrogens is 534 g/mol. The van der Waals surface area contributed by atoms with E-state index in [1.54, 1.807) is 79.8 Å². The molecule has 3 N–H and O–H groups in total. The highest BCUT2D eigenvalue weighted by molar-refractivity contribution is 6.05. The highest BCUT2D eigenvalue weighted by Gasteiger charge is 2.22. The minimum atomic E-state index is -0.501. The second kappa shape index (κ2) is 11.3. The number of morpholine rings is 1. The van der Waals surface area contributed by atoms with Gasteiger partial charge in [-0.2, -0.15) is 0 Å². The molecule has 1 aromatic carbocycles. The Morgan fingerprint density at radius 3 is 2.52 bits per heavy atom. The molecule has 1 saturated heterocycles. The lowest BCUT2D eigenvalue weighted by Crippen LogP contribution is -2.36. The summed E-state index contributed by atoms with van der Waals surface area (Å²) in [6.07, 6.45) is 6.60. The Labute approximate surface area is 241 Å². The standard InChI is InChI=1S/C30H29N9O3/c1-19-26(30(41)39(37(19)2)23-4-3-10-32-17-23)29(40)35-22-7-5-20(6-8-22)27-28(31)34-18-24(36-27)21-9-11-33-25(16-21)38-12-14-42-15-13-38/h3-11,16-18H,12-15H2,1-2H3,(H2,31,34)(H,35,40). The molecule has 1 aliphatic rings. The van der Waals surface area contributed by atoms with E-state index in [-0.39, 0.29) is 11.4 Å². The van der Waals surface area contributed by atoms with Crippen molar-refractivity contribution in [1.82, 2.24) is 29.3 Å². The van der Waals surface area contributed by atoms with Gasteiger partial charge < -0.3 is 20.7 Å². The van der Waals surface area contributed by atoms with E-state index in [1.807, 2.05) is 12.1 Å². The first-order valence-electron chi connectivity index (χ1n) is 13.4. The van der Waals surface area contributed by atoms with Gasteiger partial charge in [-0.25, -0.2) is 19.6 Å². The maximum atomic E-state index is 13.2. The summed E-state index contributed by atoms with van der Waals surface area (Å²) in [6, 6.07) is 14.5. The highest BCUT2D eigenvalue weighted by Crippen LogP contribution is 2.28. The van der Waals surface area contributed by atoms with E-state index in [1.165, 1.54) is 4.68 Å². The summed E-state index contributed by atoms with van der Waals surface area (Å²) in [5.41, 5.74) is 10.3. The van der Waals surface area contributed by atoms with Crippen LogP contribution >= 0.6 is 0 Å². The molecule has 5 heterocycles. The van der Waals surface area contributed by atoms with Crippen LogP contribution in [-0.4, -0.2) is 61.5 Å². The molecule has 0 saturated carbocycles. The molecule has 0 unspecified atom stereocenters. The average Bonchev–Trinajstić information content (AvgIpc) is 3.25. The smallest absolute Gasteiger partial charge is 0.284 e. The Bertz CT molecular complexity index is 1810. The molecule has 1 fully saturated rings. The second-order valence-corrected chi connectivity index (χ2v) is 9.83. The number of nitrogens with zero attached hydrogens (tertiary/aromatic N) is 7. The SMILES string of the molecule is Cc1c(C(=O)Nc2ccc(-c3nc(-c4ccnc(N5CCOCC5)c4)cnc3N)cc2)c(=O)n(-c2cccnc2)n1C. The van der Waals surface area contributed by atoms with Crippen molar-refractivity contribution >= 4 is 23.2 Å². The van der Waals surface area contributed by atoms with Gasteiger partial charge in [0.05, 0.1) is 42.7 Å². The number of nitrogens with one attached hydrogen (secondary N) is 1. The van der Waals surface area contributed by atoms with Crippen molar-refractivity contribution in [2.75, 3.05) is 42.3 Å². The fourth-order valence-corrected chi connectivity index (χ4v) is 4.94. The van der Waals surface area contributed by atoms with E-state index in [4.69, 9.17) is 15.5 Å². The summed E-state index contributed by atoms with van der Waals surface area (Å²) in [4.78, 5) is 46.3. The number of nitrogens with two attached hydrogens (primary N) is 1. The van der Waals surface area contributed by atoms with E-state index in [9.17, 15) is 9.59 Å². The maximum Gasteiger partial charge on any atom is 0.284 e. The number of aromatic nitrogens is 6. The van der Waals surface area contributed by atoms with Gasteiger partial charge in [0.15, 0.2) is 0 Å². The number of benzene rings is 1. The number of hydrogen-bond donors (Lipinski definition) is 2. The third kappa shape index (κ3) is 5.10. The summed E-state index contributed by atoms with van der Waals surface area (Å²) >= 11 is 0. The van der Waals surface area contributed by atoms with Crippen LogP contribution in [-0.2, 0) is 11.8 Å². The summed E-state index contributed by atoms with van der Waals surface area (Å²) < 4.78 is 8.51.